The highest BCUT2D eigenvalue weighted by atomic mass is 19.4. The van der Waals surface area contributed by atoms with Crippen LogP contribution in [0.1, 0.15) is 0 Å². The maximum absolute atomic E-state index is 11.5. The maximum Gasteiger partial charge on any atom is 0.510 e. The fourth-order valence-electron chi connectivity index (χ4n) is 0.665. The van der Waals surface area contributed by atoms with Gasteiger partial charge in [-0.15, -0.1) is 0 Å². The van der Waals surface area contributed by atoms with Crippen molar-refractivity contribution in [2.75, 3.05) is 13.2 Å². The maximum atomic E-state index is 11.5. The first-order valence-electron chi connectivity index (χ1n) is 3.49. The van der Waals surface area contributed by atoms with Crippen LogP contribution in [0, 0.1) is 11.8 Å². The molecule has 4 nitrogen and oxygen atoms in total. The number of halogens is 3. The lowest BCUT2D eigenvalue weighted by atomic mass is 10.6. The Morgan fingerprint density at radius 1 is 1.57 bits per heavy atom. The van der Waals surface area contributed by atoms with Crippen molar-refractivity contribution in [3.8, 4) is 11.8 Å². The van der Waals surface area contributed by atoms with E-state index in [1.807, 2.05) is 0 Å². The van der Waals surface area contributed by atoms with Crippen LogP contribution in [0.4, 0.5) is 18.0 Å². The van der Waals surface area contributed by atoms with E-state index in [2.05, 4.69) is 14.2 Å². The SMILES string of the molecule is O=C1OCC(OCC#CC(F)(F)F)O1. The van der Waals surface area contributed by atoms with Crippen molar-refractivity contribution in [1.29, 1.82) is 0 Å². The van der Waals surface area contributed by atoms with E-state index in [1.165, 1.54) is 0 Å². The van der Waals surface area contributed by atoms with Crippen LogP contribution < -0.4 is 0 Å². The zero-order chi connectivity index (χ0) is 10.6. The molecule has 1 atom stereocenters. The molecule has 1 saturated heterocycles. The summed E-state index contributed by atoms with van der Waals surface area (Å²) in [6.07, 6.45) is -6.41. The molecule has 1 heterocycles. The van der Waals surface area contributed by atoms with Crippen LogP contribution in [0.5, 0.6) is 0 Å². The Morgan fingerprint density at radius 3 is 2.79 bits per heavy atom. The smallest absolute Gasteiger partial charge is 0.428 e. The van der Waals surface area contributed by atoms with Gasteiger partial charge in [0.1, 0.15) is 6.61 Å². The Bertz CT molecular complexity index is 275. The number of hydrogen-bond donors (Lipinski definition) is 0. The fraction of sp³-hybridized carbons (Fsp3) is 0.571. The molecule has 0 aromatic carbocycles. The lowest BCUT2D eigenvalue weighted by Crippen LogP contribution is -2.15. The predicted octanol–water partition coefficient (Wildman–Crippen LogP) is 1.06. The fourth-order valence-corrected chi connectivity index (χ4v) is 0.665. The predicted molar refractivity (Wildman–Crippen MR) is 36.0 cm³/mol. The van der Waals surface area contributed by atoms with Gasteiger partial charge in [-0.25, -0.2) is 4.79 Å². The minimum Gasteiger partial charge on any atom is -0.428 e. The van der Waals surface area contributed by atoms with Gasteiger partial charge in [0.15, 0.2) is 6.61 Å². The van der Waals surface area contributed by atoms with E-state index in [9.17, 15) is 18.0 Å². The normalized spacial score (nSPS) is 20.8. The third-order valence-corrected chi connectivity index (χ3v) is 1.14. The van der Waals surface area contributed by atoms with E-state index in [4.69, 9.17) is 0 Å². The van der Waals surface area contributed by atoms with Crippen LogP contribution in [-0.2, 0) is 14.2 Å². The van der Waals surface area contributed by atoms with Crippen LogP contribution in [0.2, 0.25) is 0 Å². The van der Waals surface area contributed by atoms with Gasteiger partial charge < -0.3 is 14.2 Å². The molecule has 1 aliphatic rings. The Kier molecular flexibility index (Phi) is 3.19. The van der Waals surface area contributed by atoms with Crippen molar-refractivity contribution in [3.05, 3.63) is 0 Å². The first-order valence-corrected chi connectivity index (χ1v) is 3.49. The molecular formula is C7H5F3O4. The van der Waals surface area contributed by atoms with E-state index < -0.39 is 25.2 Å². The minimum absolute atomic E-state index is 0.132. The van der Waals surface area contributed by atoms with Gasteiger partial charge in [0, 0.05) is 5.92 Å². The molecule has 0 aliphatic carbocycles. The van der Waals surface area contributed by atoms with Crippen LogP contribution in [0.25, 0.3) is 0 Å². The molecule has 0 amide bonds. The van der Waals surface area contributed by atoms with Gasteiger partial charge in [0.05, 0.1) is 0 Å². The summed E-state index contributed by atoms with van der Waals surface area (Å²) in [6.45, 7) is -0.604. The van der Waals surface area contributed by atoms with Crippen LogP contribution in [0.3, 0.4) is 0 Å². The highest BCUT2D eigenvalue weighted by molar-refractivity contribution is 5.61. The van der Waals surface area contributed by atoms with Gasteiger partial charge in [-0.3, -0.25) is 0 Å². The molecule has 0 radical (unpaired) electrons. The quantitative estimate of drug-likeness (QED) is 0.505. The molecule has 0 saturated carbocycles. The second-order valence-electron chi connectivity index (χ2n) is 2.22. The standard InChI is InChI=1S/C7H5F3O4/c8-7(9,10)2-1-3-12-5-4-13-6(11)14-5/h5H,3-4H2. The van der Waals surface area contributed by atoms with Crippen molar-refractivity contribution in [2.45, 2.75) is 12.5 Å². The number of cyclic esters (lactones) is 2. The number of ether oxygens (including phenoxy) is 3. The van der Waals surface area contributed by atoms with Crippen molar-refractivity contribution in [2.24, 2.45) is 0 Å². The molecule has 1 unspecified atom stereocenters. The summed E-state index contributed by atoms with van der Waals surface area (Å²) in [6, 6.07) is 0. The molecule has 0 bridgehead atoms. The molecule has 0 N–H and O–H groups in total. The van der Waals surface area contributed by atoms with Crippen molar-refractivity contribution >= 4 is 6.16 Å². The molecule has 0 spiro atoms. The Hall–Kier alpha value is -1.42. The first kappa shape index (κ1) is 10.7. The highest BCUT2D eigenvalue weighted by Crippen LogP contribution is 2.12. The topological polar surface area (TPSA) is 44.8 Å². The van der Waals surface area contributed by atoms with Gasteiger partial charge in [-0.1, -0.05) is 5.92 Å². The summed E-state index contributed by atoms with van der Waals surface area (Å²) in [7, 11) is 0. The molecule has 14 heavy (non-hydrogen) atoms. The molecule has 0 aromatic rings. The van der Waals surface area contributed by atoms with Crippen molar-refractivity contribution in [3.63, 3.8) is 0 Å². The van der Waals surface area contributed by atoms with Gasteiger partial charge in [0.2, 0.25) is 6.29 Å². The second kappa shape index (κ2) is 4.19. The Morgan fingerprint density at radius 2 is 2.29 bits per heavy atom. The highest BCUT2D eigenvalue weighted by Gasteiger charge is 2.25. The number of alkyl halides is 3. The summed E-state index contributed by atoms with van der Waals surface area (Å²) < 4.78 is 47.7. The van der Waals surface area contributed by atoms with Crippen LogP contribution in [0.15, 0.2) is 0 Å². The summed E-state index contributed by atoms with van der Waals surface area (Å²) in [5.74, 6) is 2.72. The lowest BCUT2D eigenvalue weighted by Gasteiger charge is -2.03. The van der Waals surface area contributed by atoms with Crippen molar-refractivity contribution in [1.82, 2.24) is 0 Å². The molecule has 1 rings (SSSR count). The van der Waals surface area contributed by atoms with Gasteiger partial charge >= 0.3 is 12.3 Å². The van der Waals surface area contributed by atoms with E-state index in [0.29, 0.717) is 0 Å². The van der Waals surface area contributed by atoms with Gasteiger partial charge in [-0.2, -0.15) is 13.2 Å². The van der Waals surface area contributed by atoms with Gasteiger partial charge in [0.25, 0.3) is 0 Å². The van der Waals surface area contributed by atoms with E-state index >= 15 is 0 Å². The third kappa shape index (κ3) is 4.00. The van der Waals surface area contributed by atoms with E-state index in [0.717, 1.165) is 5.92 Å². The number of carbonyl (C=O) groups is 1. The molecule has 1 aliphatic heterocycles. The zero-order valence-corrected chi connectivity index (χ0v) is 6.76. The molecule has 78 valence electrons. The first-order chi connectivity index (χ1) is 6.47. The molecule has 7 heteroatoms. The molecular weight excluding hydrogens is 205 g/mol. The van der Waals surface area contributed by atoms with Crippen molar-refractivity contribution < 1.29 is 32.2 Å². The lowest BCUT2D eigenvalue weighted by molar-refractivity contribution is -0.0732. The average molecular weight is 210 g/mol. The Labute approximate surface area is 76.9 Å². The Balaban J connectivity index is 2.21. The largest absolute Gasteiger partial charge is 0.510 e. The minimum atomic E-state index is -4.54. The summed E-state index contributed by atoms with van der Waals surface area (Å²) in [4.78, 5) is 10.3. The third-order valence-electron chi connectivity index (χ3n) is 1.14. The summed E-state index contributed by atoms with van der Waals surface area (Å²) in [5, 5.41) is 0. The monoisotopic (exact) mass is 210 g/mol. The number of rotatable bonds is 2. The number of carbonyl (C=O) groups excluding carboxylic acids is 1. The van der Waals surface area contributed by atoms with Crippen LogP contribution >= 0.6 is 0 Å². The molecule has 1 fully saturated rings. The number of hydrogen-bond acceptors (Lipinski definition) is 4. The summed E-state index contributed by atoms with van der Waals surface area (Å²) in [5.41, 5.74) is 0. The second-order valence-corrected chi connectivity index (χ2v) is 2.22. The van der Waals surface area contributed by atoms with E-state index in [-0.39, 0.29) is 6.61 Å². The zero-order valence-electron chi connectivity index (χ0n) is 6.76. The van der Waals surface area contributed by atoms with Gasteiger partial charge in [-0.05, 0) is 0 Å². The molecule has 0 aromatic heterocycles. The average Bonchev–Trinajstić information content (AvgIpc) is 2.44. The van der Waals surface area contributed by atoms with E-state index in [1.54, 1.807) is 5.92 Å². The van der Waals surface area contributed by atoms with Crippen LogP contribution in [-0.4, -0.2) is 31.8 Å². The summed E-state index contributed by atoms with van der Waals surface area (Å²) >= 11 is 0.